The topological polar surface area (TPSA) is 97.4 Å². The molecule has 0 aliphatic rings. The van der Waals surface area contributed by atoms with Crippen molar-refractivity contribution in [1.29, 1.82) is 0 Å². The molecule has 1 aromatic rings. The van der Waals surface area contributed by atoms with E-state index in [2.05, 4.69) is 14.4 Å². The van der Waals surface area contributed by atoms with Crippen molar-refractivity contribution in [2.45, 2.75) is 19.3 Å². The van der Waals surface area contributed by atoms with Crippen LogP contribution in [0, 0.1) is 0 Å². The molecule has 0 fully saturated rings. The molecule has 0 spiro atoms. The van der Waals surface area contributed by atoms with Crippen molar-refractivity contribution in [2.24, 2.45) is 0 Å². The summed E-state index contributed by atoms with van der Waals surface area (Å²) in [6, 6.07) is 1.88. The van der Waals surface area contributed by atoms with Gasteiger partial charge in [0.25, 0.3) is 0 Å². The Labute approximate surface area is 96.6 Å². The van der Waals surface area contributed by atoms with E-state index >= 15 is 0 Å². The van der Waals surface area contributed by atoms with Crippen molar-refractivity contribution in [1.82, 2.24) is 4.98 Å². The van der Waals surface area contributed by atoms with Crippen LogP contribution >= 0.6 is 12.0 Å². The number of carbonyl (C=O) groups is 1. The summed E-state index contributed by atoms with van der Waals surface area (Å²) in [5.41, 5.74) is 1.88. The van der Waals surface area contributed by atoms with E-state index in [9.17, 15) is 15.2 Å². The minimum atomic E-state index is -1.06. The quantitative estimate of drug-likeness (QED) is 0.276. The second-order valence-corrected chi connectivity index (χ2v) is 3.89. The molecule has 0 unspecified atom stereocenters. The molecule has 7 heteroatoms. The van der Waals surface area contributed by atoms with Crippen LogP contribution in [0.5, 0.6) is 0 Å². The molecule has 0 aliphatic heterocycles. The Morgan fingerprint density at radius 3 is 3.00 bits per heavy atom. The van der Waals surface area contributed by atoms with Crippen LogP contribution in [0.1, 0.15) is 17.7 Å². The van der Waals surface area contributed by atoms with Gasteiger partial charge in [0.2, 0.25) is 0 Å². The van der Waals surface area contributed by atoms with Gasteiger partial charge in [0.1, 0.15) is 0 Å². The maximum Gasteiger partial charge on any atom is 0.0418 e. The number of aromatic amines is 1. The first-order valence-electron chi connectivity index (χ1n) is 4.66. The van der Waals surface area contributed by atoms with E-state index in [0.29, 0.717) is 18.6 Å². The fourth-order valence-corrected chi connectivity index (χ4v) is 1.66. The van der Waals surface area contributed by atoms with Crippen LogP contribution < -0.4 is 10.4 Å². The van der Waals surface area contributed by atoms with Gasteiger partial charge in [0.15, 0.2) is 0 Å². The first-order chi connectivity index (χ1) is 7.72. The van der Waals surface area contributed by atoms with Crippen LogP contribution in [-0.4, -0.2) is 16.7 Å². The Bertz CT molecular complexity index is 327. The summed E-state index contributed by atoms with van der Waals surface area (Å²) >= 11 is 0.923. The highest BCUT2D eigenvalue weighted by Gasteiger charge is 2.00. The number of aryl methyl sites for hydroxylation is 2. The van der Waals surface area contributed by atoms with E-state index in [0.717, 1.165) is 23.3 Å². The predicted molar refractivity (Wildman–Crippen MR) is 52.5 cm³/mol. The van der Waals surface area contributed by atoms with E-state index in [-0.39, 0.29) is 6.42 Å². The molecule has 1 heterocycles. The lowest BCUT2D eigenvalue weighted by Gasteiger charge is -2.02. The molecule has 0 atom stereocenters. The SMILES string of the molecule is O=C([O-])CCc1cc(CCSOO[O-])c[nH]1. The third kappa shape index (κ3) is 5.17. The van der Waals surface area contributed by atoms with Crippen LogP contribution in [0.3, 0.4) is 0 Å². The number of hydrogen-bond acceptors (Lipinski definition) is 6. The minimum Gasteiger partial charge on any atom is -0.691 e. The van der Waals surface area contributed by atoms with Crippen LogP contribution in [0.25, 0.3) is 0 Å². The zero-order chi connectivity index (χ0) is 11.8. The lowest BCUT2D eigenvalue weighted by molar-refractivity contribution is -0.777. The highest BCUT2D eigenvalue weighted by molar-refractivity contribution is 7.94. The lowest BCUT2D eigenvalue weighted by Crippen LogP contribution is -2.22. The molecule has 0 bridgehead atoms. The van der Waals surface area contributed by atoms with Gasteiger partial charge in [0.05, 0.1) is 0 Å². The Morgan fingerprint density at radius 1 is 1.50 bits per heavy atom. The Balaban J connectivity index is 2.25. The fraction of sp³-hybridized carbons (Fsp3) is 0.444. The normalized spacial score (nSPS) is 10.6. The molecule has 6 nitrogen and oxygen atoms in total. The van der Waals surface area contributed by atoms with Gasteiger partial charge in [0, 0.05) is 35.7 Å². The predicted octanol–water partition coefficient (Wildman–Crippen LogP) is -0.889. The summed E-state index contributed by atoms with van der Waals surface area (Å²) in [7, 11) is 0. The van der Waals surface area contributed by atoms with E-state index in [1.54, 1.807) is 6.20 Å². The minimum absolute atomic E-state index is 0.00182. The number of hydrogen-bond donors (Lipinski definition) is 1. The van der Waals surface area contributed by atoms with Gasteiger partial charge in [-0.25, -0.2) is 0 Å². The Hall–Kier alpha value is -1.02. The average Bonchev–Trinajstić information content (AvgIpc) is 2.70. The van der Waals surface area contributed by atoms with Gasteiger partial charge in [-0.3, -0.25) is 5.04 Å². The summed E-state index contributed by atoms with van der Waals surface area (Å²) in [6.07, 6.45) is 2.93. The van der Waals surface area contributed by atoms with Crippen molar-refractivity contribution in [3.05, 3.63) is 23.5 Å². The second-order valence-electron chi connectivity index (χ2n) is 3.11. The number of aromatic nitrogens is 1. The Kier molecular flexibility index (Phi) is 5.94. The fourth-order valence-electron chi connectivity index (χ4n) is 1.23. The van der Waals surface area contributed by atoms with Crippen LogP contribution in [0.2, 0.25) is 0 Å². The summed E-state index contributed by atoms with van der Waals surface area (Å²) in [5, 5.41) is 22.9. The lowest BCUT2D eigenvalue weighted by atomic mass is 10.2. The zero-order valence-corrected chi connectivity index (χ0v) is 9.25. The van der Waals surface area contributed by atoms with Gasteiger partial charge in [-0.1, -0.05) is 0 Å². The van der Waals surface area contributed by atoms with Crippen LogP contribution in [0.15, 0.2) is 12.3 Å². The van der Waals surface area contributed by atoms with Gasteiger partial charge >= 0.3 is 0 Å². The molecule has 1 rings (SSSR count). The number of carboxylic acids is 1. The van der Waals surface area contributed by atoms with Gasteiger partial charge in [-0.2, -0.15) is 4.33 Å². The van der Waals surface area contributed by atoms with Gasteiger partial charge in [-0.05, 0) is 30.9 Å². The van der Waals surface area contributed by atoms with Gasteiger partial charge in [-0.15, -0.1) is 0 Å². The number of nitrogens with one attached hydrogen (secondary N) is 1. The van der Waals surface area contributed by atoms with Crippen molar-refractivity contribution in [3.8, 4) is 0 Å². The number of aliphatic carboxylic acids is 1. The molecular weight excluding hydrogens is 234 g/mol. The summed E-state index contributed by atoms with van der Waals surface area (Å²) < 4.78 is 4.11. The smallest absolute Gasteiger partial charge is 0.0418 e. The second kappa shape index (κ2) is 7.29. The molecule has 0 aliphatic carbocycles. The first kappa shape index (κ1) is 13.0. The van der Waals surface area contributed by atoms with Crippen molar-refractivity contribution < 1.29 is 24.5 Å². The molecule has 1 aromatic heterocycles. The number of carboxylic acid groups (broad SMARTS) is 1. The third-order valence-electron chi connectivity index (χ3n) is 1.95. The van der Waals surface area contributed by atoms with E-state index in [1.165, 1.54) is 0 Å². The monoisotopic (exact) mass is 245 g/mol. The van der Waals surface area contributed by atoms with Crippen LogP contribution in [-0.2, 0) is 27.0 Å². The van der Waals surface area contributed by atoms with E-state index in [4.69, 9.17) is 0 Å². The zero-order valence-electron chi connectivity index (χ0n) is 8.43. The highest BCUT2D eigenvalue weighted by Crippen LogP contribution is 2.10. The summed E-state index contributed by atoms with van der Waals surface area (Å²) in [4.78, 5) is 13.2. The van der Waals surface area contributed by atoms with Gasteiger partial charge < -0.3 is 20.1 Å². The summed E-state index contributed by atoms with van der Waals surface area (Å²) in [6.45, 7) is 0. The number of carbonyl (C=O) groups excluding carboxylic acids is 1. The number of H-pyrrole nitrogens is 1. The maximum atomic E-state index is 10.2. The molecule has 0 aromatic carbocycles. The summed E-state index contributed by atoms with van der Waals surface area (Å²) in [5.74, 6) is -0.479. The molecule has 0 amide bonds. The first-order valence-corrected chi connectivity index (χ1v) is 5.57. The van der Waals surface area contributed by atoms with Crippen molar-refractivity contribution in [3.63, 3.8) is 0 Å². The van der Waals surface area contributed by atoms with Crippen LogP contribution in [0.4, 0.5) is 0 Å². The standard InChI is InChI=1S/C9H13NO5S/c11-9(12)2-1-8-5-7(6-10-8)3-4-16-15-14-13/h5-6,10,13H,1-4H2,(H,11,12)/p-2. The number of rotatable bonds is 8. The average molecular weight is 245 g/mol. The van der Waals surface area contributed by atoms with Crippen molar-refractivity contribution >= 4 is 18.0 Å². The molecule has 0 radical (unpaired) electrons. The third-order valence-corrected chi connectivity index (χ3v) is 2.47. The largest absolute Gasteiger partial charge is 0.691 e. The molecule has 0 saturated carbocycles. The molecule has 0 saturated heterocycles. The van der Waals surface area contributed by atoms with E-state index in [1.807, 2.05) is 6.07 Å². The maximum absolute atomic E-state index is 10.2. The molecule has 90 valence electrons. The van der Waals surface area contributed by atoms with Crippen molar-refractivity contribution in [2.75, 3.05) is 5.75 Å². The molecular formula is C9H11NO5S-2. The molecule has 16 heavy (non-hydrogen) atoms. The van der Waals surface area contributed by atoms with E-state index < -0.39 is 5.97 Å². The Morgan fingerprint density at radius 2 is 2.31 bits per heavy atom. The molecule has 1 N–H and O–H groups in total. The highest BCUT2D eigenvalue weighted by atomic mass is 32.2.